The fraction of sp³-hybridized carbons (Fsp3) is 0.875. The van der Waals surface area contributed by atoms with E-state index in [0.29, 0.717) is 13.0 Å². The van der Waals surface area contributed by atoms with E-state index in [1.54, 1.807) is 0 Å². The first kappa shape index (κ1) is 11.6. The minimum Gasteiger partial charge on any atom is -0.330 e. The van der Waals surface area contributed by atoms with Crippen LogP contribution in [0.15, 0.2) is 0 Å². The molecule has 0 radical (unpaired) electrons. The van der Waals surface area contributed by atoms with Gasteiger partial charge in [0.25, 0.3) is 0 Å². The SMILES string of the molecule is CCC(C#N)S(=O)C(C)CCN. The second kappa shape index (κ2) is 6.15. The van der Waals surface area contributed by atoms with Crippen molar-refractivity contribution in [2.24, 2.45) is 5.73 Å². The van der Waals surface area contributed by atoms with E-state index >= 15 is 0 Å². The van der Waals surface area contributed by atoms with Crippen molar-refractivity contribution in [1.29, 1.82) is 5.26 Å². The first-order valence-electron chi connectivity index (χ1n) is 4.16. The topological polar surface area (TPSA) is 66.9 Å². The number of hydrogen-bond donors (Lipinski definition) is 1. The lowest BCUT2D eigenvalue weighted by Gasteiger charge is -2.12. The van der Waals surface area contributed by atoms with Crippen molar-refractivity contribution in [3.8, 4) is 6.07 Å². The monoisotopic (exact) mass is 188 g/mol. The third-order valence-corrected chi connectivity index (χ3v) is 3.79. The molecule has 0 rings (SSSR count). The molecule has 0 aliphatic rings. The van der Waals surface area contributed by atoms with Crippen LogP contribution in [-0.4, -0.2) is 21.3 Å². The Hall–Kier alpha value is -0.400. The lowest BCUT2D eigenvalue weighted by molar-refractivity contribution is 0.658. The van der Waals surface area contributed by atoms with Gasteiger partial charge in [-0.1, -0.05) is 13.8 Å². The zero-order chi connectivity index (χ0) is 9.56. The molecule has 3 nitrogen and oxygen atoms in total. The zero-order valence-electron chi connectivity index (χ0n) is 7.62. The Bertz CT molecular complexity index is 188. The Kier molecular flexibility index (Phi) is 5.95. The van der Waals surface area contributed by atoms with Crippen molar-refractivity contribution in [3.63, 3.8) is 0 Å². The van der Waals surface area contributed by atoms with Gasteiger partial charge >= 0.3 is 0 Å². The van der Waals surface area contributed by atoms with Crippen LogP contribution in [0.5, 0.6) is 0 Å². The maximum Gasteiger partial charge on any atom is 0.121 e. The van der Waals surface area contributed by atoms with Gasteiger partial charge in [0.15, 0.2) is 0 Å². The van der Waals surface area contributed by atoms with Crippen LogP contribution in [0.1, 0.15) is 26.7 Å². The molecule has 3 unspecified atom stereocenters. The van der Waals surface area contributed by atoms with Gasteiger partial charge < -0.3 is 5.73 Å². The Labute approximate surface area is 76.4 Å². The Morgan fingerprint density at radius 3 is 2.58 bits per heavy atom. The van der Waals surface area contributed by atoms with E-state index in [-0.39, 0.29) is 10.5 Å². The van der Waals surface area contributed by atoms with Crippen molar-refractivity contribution >= 4 is 10.8 Å². The minimum absolute atomic E-state index is 0.0413. The molecule has 2 N–H and O–H groups in total. The molecule has 0 aromatic heterocycles. The summed E-state index contributed by atoms with van der Waals surface area (Å²) in [5.41, 5.74) is 5.33. The van der Waals surface area contributed by atoms with Gasteiger partial charge in [-0.3, -0.25) is 4.21 Å². The summed E-state index contributed by atoms with van der Waals surface area (Å²) in [4.78, 5) is 0. The highest BCUT2D eigenvalue weighted by Crippen LogP contribution is 2.09. The summed E-state index contributed by atoms with van der Waals surface area (Å²) in [5, 5.41) is 8.35. The first-order chi connectivity index (χ1) is 5.67. The maximum absolute atomic E-state index is 11.5. The fourth-order valence-electron chi connectivity index (χ4n) is 0.939. The van der Waals surface area contributed by atoms with E-state index < -0.39 is 10.8 Å². The molecule has 12 heavy (non-hydrogen) atoms. The smallest absolute Gasteiger partial charge is 0.121 e. The predicted octanol–water partition coefficient (Wildman–Crippen LogP) is 0.775. The van der Waals surface area contributed by atoms with E-state index in [1.807, 2.05) is 19.9 Å². The van der Waals surface area contributed by atoms with Crippen molar-refractivity contribution in [1.82, 2.24) is 0 Å². The van der Waals surface area contributed by atoms with E-state index in [1.165, 1.54) is 0 Å². The first-order valence-corrected chi connectivity index (χ1v) is 5.44. The molecule has 0 bridgehead atoms. The van der Waals surface area contributed by atoms with Crippen molar-refractivity contribution in [2.45, 2.75) is 37.2 Å². The van der Waals surface area contributed by atoms with Gasteiger partial charge in [0.05, 0.1) is 6.07 Å². The summed E-state index contributed by atoms with van der Waals surface area (Å²) in [6, 6.07) is 2.05. The largest absolute Gasteiger partial charge is 0.330 e. The van der Waals surface area contributed by atoms with Crippen LogP contribution in [-0.2, 0) is 10.8 Å². The lowest BCUT2D eigenvalue weighted by Crippen LogP contribution is -2.24. The third-order valence-electron chi connectivity index (χ3n) is 1.76. The molecule has 4 heteroatoms. The zero-order valence-corrected chi connectivity index (χ0v) is 8.43. The second-order valence-electron chi connectivity index (χ2n) is 2.74. The number of rotatable bonds is 5. The summed E-state index contributed by atoms with van der Waals surface area (Å²) < 4.78 is 11.5. The van der Waals surface area contributed by atoms with Gasteiger partial charge in [0.1, 0.15) is 5.25 Å². The molecular weight excluding hydrogens is 172 g/mol. The highest BCUT2D eigenvalue weighted by molar-refractivity contribution is 7.86. The van der Waals surface area contributed by atoms with E-state index in [9.17, 15) is 4.21 Å². The molecule has 0 aliphatic heterocycles. The molecule has 0 aromatic rings. The van der Waals surface area contributed by atoms with Crippen LogP contribution in [0.4, 0.5) is 0 Å². The second-order valence-corrected chi connectivity index (χ2v) is 4.77. The molecule has 70 valence electrons. The normalized spacial score (nSPS) is 17.8. The number of nitriles is 1. The van der Waals surface area contributed by atoms with Crippen LogP contribution in [0.3, 0.4) is 0 Å². The van der Waals surface area contributed by atoms with Gasteiger partial charge in [-0.25, -0.2) is 0 Å². The molecule has 0 aliphatic carbocycles. The van der Waals surface area contributed by atoms with Crippen LogP contribution in [0.2, 0.25) is 0 Å². The average Bonchev–Trinajstić information content (AvgIpc) is 2.07. The molecule has 3 atom stereocenters. The highest BCUT2D eigenvalue weighted by atomic mass is 32.2. The van der Waals surface area contributed by atoms with Gasteiger partial charge in [-0.2, -0.15) is 5.26 Å². The molecule has 0 heterocycles. The third kappa shape index (κ3) is 3.33. The van der Waals surface area contributed by atoms with E-state index in [4.69, 9.17) is 11.0 Å². The van der Waals surface area contributed by atoms with Gasteiger partial charge in [-0.15, -0.1) is 0 Å². The minimum atomic E-state index is -1.04. The van der Waals surface area contributed by atoms with Crippen molar-refractivity contribution < 1.29 is 4.21 Å². The van der Waals surface area contributed by atoms with Crippen molar-refractivity contribution in [2.75, 3.05) is 6.54 Å². The van der Waals surface area contributed by atoms with E-state index in [2.05, 4.69) is 0 Å². The van der Waals surface area contributed by atoms with Gasteiger partial charge in [-0.05, 0) is 19.4 Å². The highest BCUT2D eigenvalue weighted by Gasteiger charge is 2.19. The molecule has 0 spiro atoms. The molecule has 0 fully saturated rings. The van der Waals surface area contributed by atoms with Crippen LogP contribution >= 0.6 is 0 Å². The van der Waals surface area contributed by atoms with Crippen LogP contribution < -0.4 is 5.73 Å². The quantitative estimate of drug-likeness (QED) is 0.693. The van der Waals surface area contributed by atoms with Crippen molar-refractivity contribution in [3.05, 3.63) is 0 Å². The van der Waals surface area contributed by atoms with Crippen LogP contribution in [0.25, 0.3) is 0 Å². The number of nitrogens with two attached hydrogens (primary N) is 1. The predicted molar refractivity (Wildman–Crippen MR) is 51.0 cm³/mol. The van der Waals surface area contributed by atoms with Gasteiger partial charge in [0.2, 0.25) is 0 Å². The van der Waals surface area contributed by atoms with E-state index in [0.717, 1.165) is 6.42 Å². The number of nitrogens with zero attached hydrogens (tertiary/aromatic N) is 1. The molecule has 0 saturated carbocycles. The Morgan fingerprint density at radius 1 is 1.67 bits per heavy atom. The Balaban J connectivity index is 4.09. The standard InChI is InChI=1S/C8H16N2OS/c1-3-8(6-10)12(11)7(2)4-5-9/h7-8H,3-5,9H2,1-2H3. The van der Waals surface area contributed by atoms with Crippen LogP contribution in [0, 0.1) is 11.3 Å². The lowest BCUT2D eigenvalue weighted by atomic mass is 10.3. The molecule has 0 saturated heterocycles. The summed E-state index contributed by atoms with van der Waals surface area (Å²) >= 11 is 0. The summed E-state index contributed by atoms with van der Waals surface area (Å²) in [6.07, 6.45) is 1.38. The maximum atomic E-state index is 11.5. The van der Waals surface area contributed by atoms with Gasteiger partial charge in [0, 0.05) is 16.0 Å². The summed E-state index contributed by atoms with van der Waals surface area (Å²) in [5.74, 6) is 0. The average molecular weight is 188 g/mol. The molecule has 0 aromatic carbocycles. The fourth-order valence-corrected chi connectivity index (χ4v) is 2.30. The summed E-state index contributed by atoms with van der Waals surface area (Å²) in [6.45, 7) is 4.29. The molecular formula is C8H16N2OS. The Morgan fingerprint density at radius 2 is 2.25 bits per heavy atom. The summed E-state index contributed by atoms with van der Waals surface area (Å²) in [7, 11) is -1.04. The number of hydrogen-bond acceptors (Lipinski definition) is 3. The molecule has 0 amide bonds.